The summed E-state index contributed by atoms with van der Waals surface area (Å²) in [6.45, 7) is 0. The van der Waals surface area contributed by atoms with Crippen LogP contribution in [0.4, 0.5) is 4.79 Å². The summed E-state index contributed by atoms with van der Waals surface area (Å²) in [4.78, 5) is 22.0. The molecule has 38 valence electrons. The van der Waals surface area contributed by atoms with E-state index in [1.807, 2.05) is 0 Å². The van der Waals surface area contributed by atoms with E-state index in [0.29, 0.717) is 0 Å². The zero-order valence-electron chi connectivity index (χ0n) is 3.67. The number of amides is 1. The first kappa shape index (κ1) is 6.40. The number of isocyanates is 1. The lowest BCUT2D eigenvalue weighted by Crippen LogP contribution is -1.74. The van der Waals surface area contributed by atoms with Crippen LogP contribution in [-0.2, 0) is 4.79 Å². The van der Waals surface area contributed by atoms with Gasteiger partial charge in [0.05, 0.1) is 0 Å². The Hall–Kier alpha value is -0.600. The van der Waals surface area contributed by atoms with Crippen molar-refractivity contribution in [2.75, 3.05) is 6.26 Å². The van der Waals surface area contributed by atoms with Gasteiger partial charge in [0, 0.05) is 0 Å². The van der Waals surface area contributed by atoms with Crippen molar-refractivity contribution in [1.82, 2.24) is 0 Å². The summed E-state index contributed by atoms with van der Waals surface area (Å²) in [5.74, 6) is 0. The van der Waals surface area contributed by atoms with Gasteiger partial charge in [-0.15, -0.1) is 4.99 Å². The highest BCUT2D eigenvalue weighted by atomic mass is 32.2. The number of rotatable bonds is 0. The number of carbonyl (C=O) groups excluding carboxylic acids is 2. The molecular weight excluding hydrogens is 114 g/mol. The Kier molecular flexibility index (Phi) is 3.28. The molecule has 0 saturated carbocycles. The summed E-state index contributed by atoms with van der Waals surface area (Å²) in [5, 5.41) is -0.505. The van der Waals surface area contributed by atoms with Crippen LogP contribution in [0, 0.1) is 0 Å². The van der Waals surface area contributed by atoms with Crippen LogP contribution in [0.5, 0.6) is 0 Å². The average Bonchev–Trinajstić information content (AvgIpc) is 1.68. The predicted octanol–water partition coefficient (Wildman–Crippen LogP) is 0.805. The minimum absolute atomic E-state index is 0.505. The highest BCUT2D eigenvalue weighted by molar-refractivity contribution is 8.13. The van der Waals surface area contributed by atoms with Gasteiger partial charge in [-0.05, 0) is 6.26 Å². The maximum absolute atomic E-state index is 9.95. The molecule has 0 unspecified atom stereocenters. The van der Waals surface area contributed by atoms with Crippen molar-refractivity contribution in [3.8, 4) is 0 Å². The van der Waals surface area contributed by atoms with Gasteiger partial charge in [-0.25, -0.2) is 4.79 Å². The standard InChI is InChI=1S/C3H3NO2S/c1-7-3(6)4-2-5/h1H3. The van der Waals surface area contributed by atoms with E-state index in [0.717, 1.165) is 17.8 Å². The number of nitrogens with zero attached hydrogens (tertiary/aromatic N) is 1. The third-order valence-corrected chi connectivity index (χ3v) is 0.752. The van der Waals surface area contributed by atoms with Crippen molar-refractivity contribution in [3.05, 3.63) is 0 Å². The van der Waals surface area contributed by atoms with E-state index in [9.17, 15) is 9.59 Å². The molecule has 0 aromatic heterocycles. The van der Waals surface area contributed by atoms with Crippen molar-refractivity contribution in [3.63, 3.8) is 0 Å². The minimum atomic E-state index is -0.505. The van der Waals surface area contributed by atoms with Gasteiger partial charge in [-0.1, -0.05) is 11.8 Å². The van der Waals surface area contributed by atoms with Gasteiger partial charge in [-0.2, -0.15) is 0 Å². The quantitative estimate of drug-likeness (QED) is 0.348. The Morgan fingerprint density at radius 2 is 2.43 bits per heavy atom. The van der Waals surface area contributed by atoms with Crippen LogP contribution in [0.3, 0.4) is 0 Å². The molecule has 0 aliphatic rings. The van der Waals surface area contributed by atoms with Crippen LogP contribution in [0.25, 0.3) is 0 Å². The zero-order valence-corrected chi connectivity index (χ0v) is 4.49. The zero-order chi connectivity index (χ0) is 5.70. The molecule has 4 heteroatoms. The molecule has 0 saturated heterocycles. The summed E-state index contributed by atoms with van der Waals surface area (Å²) in [6.07, 6.45) is 2.67. The normalized spacial score (nSPS) is 7.00. The van der Waals surface area contributed by atoms with E-state index in [4.69, 9.17) is 0 Å². The summed E-state index contributed by atoms with van der Waals surface area (Å²) in [5.41, 5.74) is 0. The molecule has 0 aromatic carbocycles. The smallest absolute Gasteiger partial charge is 0.259 e. The lowest BCUT2D eigenvalue weighted by molar-refractivity contribution is 0.267. The van der Waals surface area contributed by atoms with Crippen molar-refractivity contribution in [2.45, 2.75) is 0 Å². The van der Waals surface area contributed by atoms with Crippen LogP contribution in [0.2, 0.25) is 0 Å². The molecule has 0 bridgehead atoms. The Labute approximate surface area is 44.8 Å². The Bertz CT molecular complexity index is 116. The fourth-order valence-electron chi connectivity index (χ4n) is 0.0829. The first-order chi connectivity index (χ1) is 3.31. The maximum Gasteiger partial charge on any atom is 0.315 e. The lowest BCUT2D eigenvalue weighted by Gasteiger charge is -1.72. The predicted molar refractivity (Wildman–Crippen MR) is 27.0 cm³/mol. The third-order valence-electron chi connectivity index (χ3n) is 0.312. The van der Waals surface area contributed by atoms with Gasteiger partial charge >= 0.3 is 5.24 Å². The van der Waals surface area contributed by atoms with Crippen LogP contribution >= 0.6 is 11.8 Å². The first-order valence-corrected chi connectivity index (χ1v) is 2.69. The van der Waals surface area contributed by atoms with Crippen LogP contribution in [-0.4, -0.2) is 17.6 Å². The van der Waals surface area contributed by atoms with Crippen molar-refractivity contribution in [1.29, 1.82) is 0 Å². The second kappa shape index (κ2) is 3.59. The molecule has 0 heterocycles. The van der Waals surface area contributed by atoms with Gasteiger partial charge in [0.25, 0.3) is 0 Å². The Balaban J connectivity index is 3.58. The lowest BCUT2D eigenvalue weighted by atomic mass is 11.3. The third kappa shape index (κ3) is 3.22. The molecule has 0 atom stereocenters. The fraction of sp³-hybridized carbons (Fsp3) is 0.333. The molecule has 7 heavy (non-hydrogen) atoms. The summed E-state index contributed by atoms with van der Waals surface area (Å²) in [7, 11) is 0. The van der Waals surface area contributed by atoms with E-state index in [1.165, 1.54) is 0 Å². The maximum atomic E-state index is 9.95. The Morgan fingerprint density at radius 1 is 1.86 bits per heavy atom. The highest BCUT2D eigenvalue weighted by Crippen LogP contribution is 1.94. The number of hydrogen-bond acceptors (Lipinski definition) is 3. The van der Waals surface area contributed by atoms with E-state index < -0.39 is 5.24 Å². The molecule has 0 aliphatic heterocycles. The van der Waals surface area contributed by atoms with Crippen molar-refractivity contribution < 1.29 is 9.59 Å². The fourth-order valence-corrected chi connectivity index (χ4v) is 0.211. The summed E-state index contributed by atoms with van der Waals surface area (Å²) < 4.78 is 0. The van der Waals surface area contributed by atoms with Crippen molar-refractivity contribution >= 4 is 23.1 Å². The molecule has 0 aromatic rings. The van der Waals surface area contributed by atoms with E-state index in [2.05, 4.69) is 4.99 Å². The largest absolute Gasteiger partial charge is 0.315 e. The van der Waals surface area contributed by atoms with Gasteiger partial charge in [0.2, 0.25) is 6.08 Å². The first-order valence-electron chi connectivity index (χ1n) is 1.47. The Morgan fingerprint density at radius 3 is 2.57 bits per heavy atom. The molecule has 0 radical (unpaired) electrons. The molecule has 3 nitrogen and oxygen atoms in total. The monoisotopic (exact) mass is 117 g/mol. The topological polar surface area (TPSA) is 46.5 Å². The molecule has 0 rings (SSSR count). The summed E-state index contributed by atoms with van der Waals surface area (Å²) >= 11 is 0.881. The number of aliphatic imine (C=N–C) groups is 1. The second-order valence-electron chi connectivity index (χ2n) is 0.673. The number of hydrogen-bond donors (Lipinski definition) is 0. The number of carbonyl (C=O) groups is 1. The highest BCUT2D eigenvalue weighted by Gasteiger charge is 1.88. The van der Waals surface area contributed by atoms with Gasteiger partial charge in [0.1, 0.15) is 0 Å². The van der Waals surface area contributed by atoms with Gasteiger partial charge in [0.15, 0.2) is 0 Å². The van der Waals surface area contributed by atoms with E-state index >= 15 is 0 Å². The number of thioether (sulfide) groups is 1. The molecule has 0 spiro atoms. The SMILES string of the molecule is CSC(=O)N=C=O. The molecule has 1 amide bonds. The van der Waals surface area contributed by atoms with Crippen LogP contribution in [0.1, 0.15) is 0 Å². The van der Waals surface area contributed by atoms with Crippen molar-refractivity contribution in [2.24, 2.45) is 4.99 Å². The van der Waals surface area contributed by atoms with Crippen LogP contribution in [0.15, 0.2) is 4.99 Å². The average molecular weight is 117 g/mol. The molecular formula is C3H3NO2S. The van der Waals surface area contributed by atoms with Gasteiger partial charge in [-0.3, -0.25) is 4.79 Å². The molecule has 0 fully saturated rings. The van der Waals surface area contributed by atoms with Crippen LogP contribution < -0.4 is 0 Å². The minimum Gasteiger partial charge on any atom is -0.259 e. The molecule has 0 N–H and O–H groups in total. The molecule has 0 aliphatic carbocycles. The van der Waals surface area contributed by atoms with E-state index in [-0.39, 0.29) is 0 Å². The van der Waals surface area contributed by atoms with Gasteiger partial charge < -0.3 is 0 Å². The summed E-state index contributed by atoms with van der Waals surface area (Å²) in [6, 6.07) is 0. The second-order valence-corrected chi connectivity index (χ2v) is 1.43. The van der Waals surface area contributed by atoms with E-state index in [1.54, 1.807) is 6.26 Å².